The number of hydrogen-bond acceptors (Lipinski definition) is 11. The summed E-state index contributed by atoms with van der Waals surface area (Å²) >= 11 is 0. The van der Waals surface area contributed by atoms with Crippen LogP contribution in [0.3, 0.4) is 0 Å². The Bertz CT molecular complexity index is 2660. The van der Waals surface area contributed by atoms with Crippen molar-refractivity contribution >= 4 is 40.6 Å². The van der Waals surface area contributed by atoms with Crippen molar-refractivity contribution in [3.63, 3.8) is 0 Å². The first-order valence-corrected chi connectivity index (χ1v) is 24.6. The fourth-order valence-electron chi connectivity index (χ4n) is 11.1. The molecule has 4 N–H and O–H groups in total. The number of cyclic esters (lactones) is 1. The summed E-state index contributed by atoms with van der Waals surface area (Å²) in [6.45, 7) is 14.7. The number of amides is 5. The zero-order valence-electron chi connectivity index (χ0n) is 41.1. The van der Waals surface area contributed by atoms with Gasteiger partial charge in [-0.05, 0) is 104 Å². The summed E-state index contributed by atoms with van der Waals surface area (Å²) in [5, 5.41) is 19.9. The van der Waals surface area contributed by atoms with Gasteiger partial charge in [-0.25, -0.2) is 10.2 Å². The van der Waals surface area contributed by atoms with E-state index in [1.54, 1.807) is 37.4 Å². The number of fused-ring (bicyclic) bond motifs is 7. The van der Waals surface area contributed by atoms with Crippen LogP contribution < -0.4 is 16.1 Å². The van der Waals surface area contributed by atoms with Gasteiger partial charge in [0.1, 0.15) is 23.9 Å². The van der Waals surface area contributed by atoms with E-state index in [1.807, 2.05) is 43.9 Å². The second-order valence-corrected chi connectivity index (χ2v) is 20.7. The molecule has 6 bridgehead atoms. The van der Waals surface area contributed by atoms with Crippen molar-refractivity contribution in [3.8, 4) is 28.1 Å². The van der Waals surface area contributed by atoms with Crippen LogP contribution >= 0.6 is 0 Å². The van der Waals surface area contributed by atoms with E-state index in [4.69, 9.17) is 14.5 Å². The SMILES string of the molecule is CCn1c(-c2cccnc2[C@H](C)OC)c2c3cc(ccc31)-c1cc(O)cc(c1)C[C@H](NC(=O)C(C(C)C)N(C)C(=O)N1C[C@@H]3[C@H]1CCN3C(=O)[C@@H]1CN1)C(=O)N1CCC[C@H](N1)C(=O)OCC(C)(C)C2. The number of esters is 1. The fraction of sp³-hybridized carbons (Fsp3) is 0.538. The van der Waals surface area contributed by atoms with Gasteiger partial charge >= 0.3 is 12.0 Å². The fourth-order valence-corrected chi connectivity index (χ4v) is 11.1. The van der Waals surface area contributed by atoms with Crippen molar-refractivity contribution in [3.05, 3.63) is 71.5 Å². The smallest absolute Gasteiger partial charge is 0.324 e. The van der Waals surface area contributed by atoms with Crippen LogP contribution in [0.15, 0.2) is 54.7 Å². The Kier molecular flexibility index (Phi) is 13.2. The summed E-state index contributed by atoms with van der Waals surface area (Å²) in [6.07, 6.45) is 3.66. The number of carbonyl (C=O) groups excluding carboxylic acids is 5. The molecule has 2 aromatic heterocycles. The Morgan fingerprint density at radius 1 is 1.03 bits per heavy atom. The summed E-state index contributed by atoms with van der Waals surface area (Å²) in [6, 6.07) is 12.0. The average molecular weight is 946 g/mol. The van der Waals surface area contributed by atoms with E-state index in [1.165, 1.54) is 9.91 Å². The molecule has 5 aliphatic heterocycles. The number of likely N-dealkylation sites (N-methyl/N-ethyl adjacent to an activating group) is 1. The maximum absolute atomic E-state index is 14.8. The van der Waals surface area contributed by atoms with Crippen LogP contribution in [0.25, 0.3) is 33.3 Å². The zero-order valence-corrected chi connectivity index (χ0v) is 41.1. The van der Waals surface area contributed by atoms with Crippen molar-refractivity contribution in [2.75, 3.05) is 46.9 Å². The Morgan fingerprint density at radius 2 is 1.81 bits per heavy atom. The topological polar surface area (TPSA) is 201 Å². The second-order valence-electron chi connectivity index (χ2n) is 20.7. The number of ether oxygens (including phenoxy) is 2. The van der Waals surface area contributed by atoms with E-state index >= 15 is 0 Å². The van der Waals surface area contributed by atoms with Gasteiger partial charge < -0.3 is 44.5 Å². The van der Waals surface area contributed by atoms with Crippen LogP contribution in [0, 0.1) is 11.3 Å². The third kappa shape index (κ3) is 9.28. The lowest BCUT2D eigenvalue weighted by molar-refractivity contribution is -0.155. The third-order valence-electron chi connectivity index (χ3n) is 14.8. The lowest BCUT2D eigenvalue weighted by atomic mass is 9.84. The largest absolute Gasteiger partial charge is 0.508 e. The molecule has 1 unspecified atom stereocenters. The van der Waals surface area contributed by atoms with Crippen molar-refractivity contribution < 1.29 is 38.6 Å². The monoisotopic (exact) mass is 946 g/mol. The van der Waals surface area contributed by atoms with Crippen LogP contribution in [0.1, 0.15) is 83.7 Å². The minimum Gasteiger partial charge on any atom is -0.508 e. The van der Waals surface area contributed by atoms with Crippen LogP contribution in [-0.2, 0) is 48.0 Å². The molecule has 5 aliphatic rings. The van der Waals surface area contributed by atoms with Gasteiger partial charge in [-0.2, -0.15) is 0 Å². The minimum atomic E-state index is -1.16. The van der Waals surface area contributed by atoms with Crippen molar-refractivity contribution in [2.45, 2.75) is 123 Å². The molecule has 7 heterocycles. The van der Waals surface area contributed by atoms with E-state index in [9.17, 15) is 29.1 Å². The molecule has 69 heavy (non-hydrogen) atoms. The maximum atomic E-state index is 14.8. The number of aromatic hydroxyl groups is 1. The minimum absolute atomic E-state index is 0.00313. The van der Waals surface area contributed by atoms with Crippen molar-refractivity contribution in [1.29, 1.82) is 0 Å². The molecular weight excluding hydrogens is 879 g/mol. The highest BCUT2D eigenvalue weighted by atomic mass is 16.5. The number of nitrogens with zero attached hydrogens (tertiary/aromatic N) is 6. The predicted octanol–water partition coefficient (Wildman–Crippen LogP) is 4.78. The third-order valence-corrected chi connectivity index (χ3v) is 14.8. The van der Waals surface area contributed by atoms with Gasteiger partial charge in [0.15, 0.2) is 0 Å². The number of phenolic OH excluding ortho intramolecular Hbond substituents is 1. The summed E-state index contributed by atoms with van der Waals surface area (Å²) in [5.41, 5.74) is 9.59. The van der Waals surface area contributed by atoms with Crippen LogP contribution in [0.4, 0.5) is 4.79 Å². The zero-order chi connectivity index (χ0) is 49.1. The number of carbonyl (C=O) groups is 5. The number of likely N-dealkylation sites (tertiary alicyclic amines) is 2. The number of benzene rings is 2. The van der Waals surface area contributed by atoms with E-state index < -0.39 is 41.3 Å². The molecule has 0 saturated carbocycles. The summed E-state index contributed by atoms with van der Waals surface area (Å²) < 4.78 is 14.2. The number of rotatable bonds is 9. The number of aryl methyl sites for hydroxylation is 1. The lowest BCUT2D eigenvalue weighted by Gasteiger charge is -2.48. The first-order chi connectivity index (χ1) is 33.0. The molecule has 368 valence electrons. The van der Waals surface area contributed by atoms with Crippen LogP contribution in [0.5, 0.6) is 5.75 Å². The Morgan fingerprint density at radius 3 is 2.54 bits per heavy atom. The lowest BCUT2D eigenvalue weighted by Crippen LogP contribution is -2.68. The second kappa shape index (κ2) is 19.0. The molecule has 17 nitrogen and oxygen atoms in total. The van der Waals surface area contributed by atoms with E-state index in [2.05, 4.69) is 59.6 Å². The van der Waals surface area contributed by atoms with Gasteiger partial charge in [-0.3, -0.25) is 29.2 Å². The number of urea groups is 1. The van der Waals surface area contributed by atoms with E-state index in [0.29, 0.717) is 57.4 Å². The van der Waals surface area contributed by atoms with E-state index in [-0.39, 0.29) is 67.4 Å². The number of aromatic nitrogens is 2. The van der Waals surface area contributed by atoms with Gasteiger partial charge in [-0.1, -0.05) is 39.8 Å². The average Bonchev–Trinajstić information content (AvgIpc) is 4.07. The van der Waals surface area contributed by atoms with E-state index in [0.717, 1.165) is 44.5 Å². The number of pyridine rings is 1. The molecule has 4 aromatic rings. The van der Waals surface area contributed by atoms with Crippen molar-refractivity contribution in [2.24, 2.45) is 11.3 Å². The predicted molar refractivity (Wildman–Crippen MR) is 260 cm³/mol. The molecule has 0 spiro atoms. The van der Waals surface area contributed by atoms with Crippen molar-refractivity contribution in [1.82, 2.24) is 45.3 Å². The highest BCUT2D eigenvalue weighted by Crippen LogP contribution is 2.42. The van der Waals surface area contributed by atoms with Crippen LogP contribution in [-0.4, -0.2) is 147 Å². The highest BCUT2D eigenvalue weighted by molar-refractivity contribution is 5.96. The molecule has 5 amide bonds. The molecule has 0 radical (unpaired) electrons. The molecule has 0 aliphatic carbocycles. The Labute approximate surface area is 403 Å². The molecular formula is C52H67N9O8. The number of methoxy groups -OCH3 is 1. The van der Waals surface area contributed by atoms with Gasteiger partial charge in [0.25, 0.3) is 5.91 Å². The quantitative estimate of drug-likeness (QED) is 0.133. The summed E-state index contributed by atoms with van der Waals surface area (Å²) in [5.74, 6) is -1.73. The van der Waals surface area contributed by atoms with Gasteiger partial charge in [0, 0.05) is 81.4 Å². The molecule has 4 fully saturated rings. The normalized spacial score (nSPS) is 24.2. The first-order valence-electron chi connectivity index (χ1n) is 24.6. The number of nitrogens with one attached hydrogen (secondary N) is 3. The molecule has 4 saturated heterocycles. The number of hydrazine groups is 1. The van der Waals surface area contributed by atoms with Gasteiger partial charge in [0.2, 0.25) is 11.8 Å². The molecule has 9 rings (SSSR count). The molecule has 2 aromatic carbocycles. The first kappa shape index (κ1) is 48.0. The maximum Gasteiger partial charge on any atom is 0.324 e. The Balaban J connectivity index is 1.07. The number of phenols is 1. The van der Waals surface area contributed by atoms with Gasteiger partial charge in [0.05, 0.1) is 42.2 Å². The number of hydrogen-bond donors (Lipinski definition) is 4. The summed E-state index contributed by atoms with van der Waals surface area (Å²) in [7, 11) is 3.28. The standard InChI is InChI=1S/C52H67N9O8/c1-9-58-41-15-14-32-24-36(41)37(46(58)35-12-10-17-53-44(35)30(4)68-8)25-52(5,6)28-69-50(66)38-13-11-18-61(56-38)49(65)39(22-31-20-33(32)23-34(62)21-31)55-47(63)45(29(2)3)57(7)51(67)60-27-43-42(60)16-19-59(43)48(64)40-26-54-40/h10,12,14-15,17,20-21,23-24,29-30,38-40,42-43,45,54,56,62H,9,11,13,16,18-19,22,25-28H2,1-8H3,(H,55,63)/t30-,38-,39-,40-,42+,43+,45?/m0/s1. The van der Waals surface area contributed by atoms with Crippen LogP contribution in [0.2, 0.25) is 0 Å². The Hall–Kier alpha value is -6.04. The molecule has 17 heteroatoms. The summed E-state index contributed by atoms with van der Waals surface area (Å²) in [4.78, 5) is 80.4. The highest BCUT2D eigenvalue weighted by Gasteiger charge is 2.53. The van der Waals surface area contributed by atoms with Gasteiger partial charge in [-0.15, -0.1) is 0 Å². The molecule has 7 atom stereocenters.